The molecule has 6 nitrogen and oxygen atoms in total. The molecule has 0 saturated heterocycles. The zero-order valence-electron chi connectivity index (χ0n) is 19.6. The number of aromatic nitrogens is 3. The second kappa shape index (κ2) is 14.7. The van der Waals surface area contributed by atoms with Crippen molar-refractivity contribution in [3.8, 4) is 11.5 Å². The Morgan fingerprint density at radius 3 is 2.69 bits per heavy atom. The van der Waals surface area contributed by atoms with Crippen LogP contribution in [-0.2, 0) is 16.9 Å². The number of aromatic amines is 1. The number of nitrogens with one attached hydrogen (secondary N) is 1. The molecule has 0 saturated carbocycles. The molecule has 3 heterocycles. The van der Waals surface area contributed by atoms with Crippen LogP contribution in [0.4, 0.5) is 0 Å². The minimum absolute atomic E-state index is 0. The molecule has 0 bridgehead atoms. The Hall–Kier alpha value is -2.25. The second-order valence-electron chi connectivity index (χ2n) is 6.48. The minimum atomic E-state index is 0. The molecule has 0 amide bonds. The van der Waals surface area contributed by atoms with Crippen molar-refractivity contribution in [2.24, 2.45) is 0 Å². The summed E-state index contributed by atoms with van der Waals surface area (Å²) in [6, 6.07) is 6.09. The Bertz CT molecular complexity index is 903. The van der Waals surface area contributed by atoms with E-state index in [9.17, 15) is 0 Å². The summed E-state index contributed by atoms with van der Waals surface area (Å²) in [5, 5.41) is 0.890. The highest BCUT2D eigenvalue weighted by atomic mass is 32.2. The standard InChI is InChI=1S/C20H23N3O3S.2C2H6.CH4/c1-13-17(21-6-4-18(13)25-8-3-7-24-2)12-27-20-22-15-10-14-5-9-26-19(14)11-16(15)23-20;2*1-2;/h4,6,10-11H,3,5,7-9,12H2,1-2H3,(H,22,23);2*1-2H3;1H4. The van der Waals surface area contributed by atoms with Gasteiger partial charge in [0, 0.05) is 50.1 Å². The van der Waals surface area contributed by atoms with Crippen LogP contribution < -0.4 is 9.47 Å². The Balaban J connectivity index is 0.000000971. The Labute approximate surface area is 197 Å². The zero-order chi connectivity index (χ0) is 22.6. The van der Waals surface area contributed by atoms with Crippen LogP contribution in [0.2, 0.25) is 0 Å². The molecule has 4 rings (SSSR count). The first-order valence-electron chi connectivity index (χ1n) is 11.1. The summed E-state index contributed by atoms with van der Waals surface area (Å²) in [7, 11) is 1.70. The van der Waals surface area contributed by atoms with Gasteiger partial charge in [-0.05, 0) is 24.6 Å². The van der Waals surface area contributed by atoms with E-state index in [2.05, 4.69) is 27.9 Å². The van der Waals surface area contributed by atoms with E-state index in [1.165, 1.54) is 5.56 Å². The van der Waals surface area contributed by atoms with Crippen molar-refractivity contribution in [2.45, 2.75) is 65.8 Å². The topological polar surface area (TPSA) is 69.3 Å². The van der Waals surface area contributed by atoms with E-state index in [0.29, 0.717) is 13.2 Å². The van der Waals surface area contributed by atoms with Crippen molar-refractivity contribution in [1.82, 2.24) is 15.0 Å². The van der Waals surface area contributed by atoms with Gasteiger partial charge < -0.3 is 19.2 Å². The Morgan fingerprint density at radius 2 is 1.94 bits per heavy atom. The number of hydrogen-bond donors (Lipinski definition) is 1. The third kappa shape index (κ3) is 7.14. The average Bonchev–Trinajstić information content (AvgIpc) is 3.43. The van der Waals surface area contributed by atoms with Crippen molar-refractivity contribution in [3.63, 3.8) is 0 Å². The number of thioether (sulfide) groups is 1. The summed E-state index contributed by atoms with van der Waals surface area (Å²) < 4.78 is 16.5. The van der Waals surface area contributed by atoms with Gasteiger partial charge >= 0.3 is 0 Å². The first-order chi connectivity index (χ1) is 15.2. The molecule has 3 aromatic rings. The molecule has 0 radical (unpaired) electrons. The SMILES string of the molecule is C.CC.CC.COCCCOc1ccnc(CSc2nc3cc4c(cc3[nH]2)CCO4)c1C. The molecular weight excluding hydrogens is 422 g/mol. The molecule has 7 heteroatoms. The van der Waals surface area contributed by atoms with Crippen LogP contribution >= 0.6 is 11.8 Å². The first-order valence-corrected chi connectivity index (χ1v) is 12.1. The third-order valence-electron chi connectivity index (χ3n) is 4.63. The largest absolute Gasteiger partial charge is 0.493 e. The van der Waals surface area contributed by atoms with E-state index in [0.717, 1.165) is 64.1 Å². The maximum Gasteiger partial charge on any atom is 0.166 e. The van der Waals surface area contributed by atoms with Crippen molar-refractivity contribution in [2.75, 3.05) is 26.9 Å². The number of methoxy groups -OCH3 is 1. The minimum Gasteiger partial charge on any atom is -0.493 e. The number of ether oxygens (including phenoxy) is 3. The number of pyridine rings is 1. The van der Waals surface area contributed by atoms with Gasteiger partial charge in [-0.3, -0.25) is 4.98 Å². The number of H-pyrrole nitrogens is 1. The van der Waals surface area contributed by atoms with Gasteiger partial charge in [0.25, 0.3) is 0 Å². The van der Waals surface area contributed by atoms with Crippen LogP contribution in [0.5, 0.6) is 11.5 Å². The van der Waals surface area contributed by atoms with Gasteiger partial charge in [0.05, 0.1) is 29.9 Å². The van der Waals surface area contributed by atoms with Crippen molar-refractivity contribution < 1.29 is 14.2 Å². The van der Waals surface area contributed by atoms with Gasteiger partial charge in [0.1, 0.15) is 11.5 Å². The monoisotopic (exact) mass is 461 g/mol. The lowest BCUT2D eigenvalue weighted by molar-refractivity contribution is 0.172. The Kier molecular flexibility index (Phi) is 12.8. The molecule has 0 aliphatic carbocycles. The van der Waals surface area contributed by atoms with Crippen LogP contribution in [-0.4, -0.2) is 41.9 Å². The lowest BCUT2D eigenvalue weighted by Gasteiger charge is -2.11. The van der Waals surface area contributed by atoms with E-state index in [4.69, 9.17) is 14.2 Å². The normalized spacial score (nSPS) is 11.3. The van der Waals surface area contributed by atoms with E-state index in [-0.39, 0.29) is 7.43 Å². The summed E-state index contributed by atoms with van der Waals surface area (Å²) in [5.41, 5.74) is 5.33. The summed E-state index contributed by atoms with van der Waals surface area (Å²) in [6.07, 6.45) is 3.64. The van der Waals surface area contributed by atoms with Crippen molar-refractivity contribution >= 4 is 22.8 Å². The number of imidazole rings is 1. The fourth-order valence-corrected chi connectivity index (χ4v) is 4.02. The third-order valence-corrected chi connectivity index (χ3v) is 5.51. The molecule has 2 aromatic heterocycles. The number of fused-ring (bicyclic) bond motifs is 2. The van der Waals surface area contributed by atoms with Crippen LogP contribution in [0.25, 0.3) is 11.0 Å². The van der Waals surface area contributed by atoms with Gasteiger partial charge in [-0.2, -0.15) is 0 Å². The first kappa shape index (κ1) is 27.8. The van der Waals surface area contributed by atoms with Crippen molar-refractivity contribution in [1.29, 1.82) is 0 Å². The highest BCUT2D eigenvalue weighted by Gasteiger charge is 2.15. The van der Waals surface area contributed by atoms with Gasteiger partial charge in [0.15, 0.2) is 5.16 Å². The van der Waals surface area contributed by atoms with Crippen molar-refractivity contribution in [3.05, 3.63) is 41.2 Å². The maximum absolute atomic E-state index is 5.86. The molecule has 178 valence electrons. The van der Waals surface area contributed by atoms with Gasteiger partial charge in [-0.15, -0.1) is 0 Å². The number of benzene rings is 1. The summed E-state index contributed by atoms with van der Waals surface area (Å²) in [4.78, 5) is 12.6. The number of rotatable bonds is 8. The fourth-order valence-electron chi connectivity index (χ4n) is 3.11. The molecule has 0 unspecified atom stereocenters. The van der Waals surface area contributed by atoms with Gasteiger partial charge in [0.2, 0.25) is 0 Å². The lowest BCUT2D eigenvalue weighted by Crippen LogP contribution is -2.04. The summed E-state index contributed by atoms with van der Waals surface area (Å²) in [6.45, 7) is 12.2. The predicted molar refractivity (Wildman–Crippen MR) is 135 cm³/mol. The number of nitrogens with zero attached hydrogens (tertiary/aromatic N) is 2. The highest BCUT2D eigenvalue weighted by molar-refractivity contribution is 7.98. The molecule has 1 aliphatic rings. The molecular formula is C25H39N3O3S. The smallest absolute Gasteiger partial charge is 0.166 e. The van der Waals surface area contributed by atoms with Crippen LogP contribution in [0.3, 0.4) is 0 Å². The summed E-state index contributed by atoms with van der Waals surface area (Å²) >= 11 is 1.65. The predicted octanol–water partition coefficient (Wildman–Crippen LogP) is 6.60. The number of hydrogen-bond acceptors (Lipinski definition) is 6. The quantitative estimate of drug-likeness (QED) is 0.301. The van der Waals surface area contributed by atoms with Gasteiger partial charge in [-0.25, -0.2) is 4.98 Å². The molecule has 0 fully saturated rings. The second-order valence-corrected chi connectivity index (χ2v) is 7.45. The van der Waals surface area contributed by atoms with E-state index < -0.39 is 0 Å². The summed E-state index contributed by atoms with van der Waals surface area (Å²) in [5.74, 6) is 2.58. The maximum atomic E-state index is 5.86. The van der Waals surface area contributed by atoms with E-state index >= 15 is 0 Å². The average molecular weight is 462 g/mol. The molecule has 0 spiro atoms. The highest BCUT2D eigenvalue weighted by Crippen LogP contribution is 2.32. The van der Waals surface area contributed by atoms with Crippen LogP contribution in [0, 0.1) is 6.92 Å². The van der Waals surface area contributed by atoms with Crippen LogP contribution in [0.15, 0.2) is 29.6 Å². The molecule has 1 aliphatic heterocycles. The molecule has 1 aromatic carbocycles. The lowest BCUT2D eigenvalue weighted by atomic mass is 10.1. The molecule has 0 atom stereocenters. The van der Waals surface area contributed by atoms with Gasteiger partial charge in [-0.1, -0.05) is 46.9 Å². The fraction of sp³-hybridized carbons (Fsp3) is 0.520. The molecule has 1 N–H and O–H groups in total. The van der Waals surface area contributed by atoms with E-state index in [1.807, 2.05) is 39.8 Å². The van der Waals surface area contributed by atoms with E-state index in [1.54, 1.807) is 25.1 Å². The molecule has 32 heavy (non-hydrogen) atoms. The van der Waals surface area contributed by atoms with Crippen LogP contribution in [0.1, 0.15) is 58.4 Å². The zero-order valence-corrected chi connectivity index (χ0v) is 20.4. The Morgan fingerprint density at radius 1 is 1.16 bits per heavy atom.